The fraction of sp³-hybridized carbons (Fsp3) is 1.00. The third-order valence-electron chi connectivity index (χ3n) is 0.332. The van der Waals surface area contributed by atoms with Crippen LogP contribution in [0.3, 0.4) is 0 Å². The summed E-state index contributed by atoms with van der Waals surface area (Å²) in [5, 5.41) is 0. The normalized spacial score (nSPS) is 10.2. The largest absolute Gasteiger partial charge is 0.271 e. The second-order valence-corrected chi connectivity index (χ2v) is 2.75. The first kappa shape index (κ1) is 11.7. The Morgan fingerprint density at radius 3 is 1.88 bits per heavy atom. The number of rotatable bonds is 2. The summed E-state index contributed by atoms with van der Waals surface area (Å²) in [6, 6.07) is 0. The van der Waals surface area contributed by atoms with Crippen LogP contribution in [0.2, 0.25) is 0 Å². The molecule has 0 saturated carbocycles. The maximum Gasteiger partial charge on any atom is 0.264 e. The minimum Gasteiger partial charge on any atom is -0.271 e. The van der Waals surface area contributed by atoms with Gasteiger partial charge in [-0.25, -0.2) is 0 Å². The van der Waals surface area contributed by atoms with Gasteiger partial charge in [-0.2, -0.15) is 8.42 Å². The Balaban J connectivity index is 0. The molecule has 0 aliphatic carbocycles. The molecule has 0 atom stereocenters. The summed E-state index contributed by atoms with van der Waals surface area (Å²) in [7, 11) is -3.17. The van der Waals surface area contributed by atoms with E-state index in [1.807, 2.05) is 0 Å². The molecule has 0 aromatic heterocycles. The molecule has 0 fully saturated rings. The van der Waals surface area contributed by atoms with Crippen LogP contribution in [0.15, 0.2) is 0 Å². The van der Waals surface area contributed by atoms with E-state index in [2.05, 4.69) is 4.18 Å². The zero-order valence-electron chi connectivity index (χ0n) is 5.34. The molecule has 0 aromatic carbocycles. The van der Waals surface area contributed by atoms with Crippen LogP contribution in [0.1, 0.15) is 6.92 Å². The van der Waals surface area contributed by atoms with E-state index in [0.717, 1.165) is 6.26 Å². The molecule has 0 aliphatic rings. The standard InChI is InChI=1S/C3H8O3S.Na/c1-3-6-7(2,4)5;/h3H2,1-2H3;. The molecule has 0 amide bonds. The molecular formula is C3H8NaO3S. The van der Waals surface area contributed by atoms with Crippen LogP contribution >= 0.6 is 0 Å². The Kier molecular flexibility index (Phi) is 6.94. The molecule has 0 N–H and O–H groups in total. The summed E-state index contributed by atoms with van der Waals surface area (Å²) in [5.41, 5.74) is 0. The van der Waals surface area contributed by atoms with E-state index in [9.17, 15) is 8.42 Å². The van der Waals surface area contributed by atoms with Gasteiger partial charge in [-0.3, -0.25) is 4.18 Å². The van der Waals surface area contributed by atoms with Crippen LogP contribution < -0.4 is 0 Å². The molecule has 0 saturated heterocycles. The van der Waals surface area contributed by atoms with Crippen molar-refractivity contribution < 1.29 is 12.6 Å². The van der Waals surface area contributed by atoms with Crippen molar-refractivity contribution in [1.29, 1.82) is 0 Å². The molecule has 0 rings (SSSR count). The second kappa shape index (κ2) is 4.76. The van der Waals surface area contributed by atoms with E-state index < -0.39 is 10.1 Å². The van der Waals surface area contributed by atoms with Gasteiger partial charge >= 0.3 is 0 Å². The maximum absolute atomic E-state index is 10.0. The van der Waals surface area contributed by atoms with E-state index >= 15 is 0 Å². The van der Waals surface area contributed by atoms with E-state index in [1.54, 1.807) is 6.92 Å². The molecule has 45 valence electrons. The third kappa shape index (κ3) is 10.0. The molecule has 3 nitrogen and oxygen atoms in total. The minimum atomic E-state index is -3.17. The van der Waals surface area contributed by atoms with Gasteiger partial charge in [0.2, 0.25) is 0 Å². The zero-order valence-corrected chi connectivity index (χ0v) is 8.16. The average molecular weight is 147 g/mol. The fourth-order valence-corrected chi connectivity index (χ4v) is 0.642. The second-order valence-electron chi connectivity index (χ2n) is 1.11. The van der Waals surface area contributed by atoms with Crippen LogP contribution in [-0.2, 0) is 14.3 Å². The Labute approximate surface area is 71.8 Å². The van der Waals surface area contributed by atoms with Gasteiger partial charge in [-0.05, 0) is 6.92 Å². The van der Waals surface area contributed by atoms with Crippen LogP contribution in [-0.4, -0.2) is 50.8 Å². The average Bonchev–Trinajstić information content (AvgIpc) is 1.30. The van der Waals surface area contributed by atoms with Crippen molar-refractivity contribution in [2.75, 3.05) is 12.9 Å². The summed E-state index contributed by atoms with van der Waals surface area (Å²) >= 11 is 0. The van der Waals surface area contributed by atoms with Crippen LogP contribution in [0, 0.1) is 0 Å². The smallest absolute Gasteiger partial charge is 0.264 e. The first-order valence-electron chi connectivity index (χ1n) is 1.90. The minimum absolute atomic E-state index is 0. The van der Waals surface area contributed by atoms with Gasteiger partial charge in [0.05, 0.1) is 12.9 Å². The van der Waals surface area contributed by atoms with Gasteiger partial charge in [-0.1, -0.05) is 0 Å². The first-order valence-corrected chi connectivity index (χ1v) is 3.72. The van der Waals surface area contributed by atoms with Gasteiger partial charge in [0.15, 0.2) is 0 Å². The van der Waals surface area contributed by atoms with Crippen molar-refractivity contribution >= 4 is 39.7 Å². The topological polar surface area (TPSA) is 43.4 Å². The van der Waals surface area contributed by atoms with Gasteiger partial charge in [0.25, 0.3) is 10.1 Å². The first-order chi connectivity index (χ1) is 3.06. The summed E-state index contributed by atoms with van der Waals surface area (Å²) < 4.78 is 24.2. The van der Waals surface area contributed by atoms with Gasteiger partial charge in [0, 0.05) is 29.6 Å². The Hall–Kier alpha value is 0.910. The fourth-order valence-electron chi connectivity index (χ4n) is 0.214. The predicted octanol–water partition coefficient (Wildman–Crippen LogP) is -0.398. The van der Waals surface area contributed by atoms with Crippen LogP contribution in [0.25, 0.3) is 0 Å². The molecule has 1 radical (unpaired) electrons. The quantitative estimate of drug-likeness (QED) is 0.394. The van der Waals surface area contributed by atoms with Gasteiger partial charge < -0.3 is 0 Å². The molecule has 5 heteroatoms. The molecule has 0 aliphatic heterocycles. The molecule has 8 heavy (non-hydrogen) atoms. The molecule has 0 bridgehead atoms. The number of hydrogen-bond acceptors (Lipinski definition) is 3. The molecule has 0 spiro atoms. The SMILES string of the molecule is CCOS(C)(=O)=O.[Na]. The molecule has 0 aromatic rings. The zero-order chi connectivity index (χ0) is 5.91. The van der Waals surface area contributed by atoms with E-state index in [4.69, 9.17) is 0 Å². The van der Waals surface area contributed by atoms with Crippen molar-refractivity contribution in [2.24, 2.45) is 0 Å². The summed E-state index contributed by atoms with van der Waals surface area (Å²) in [6.07, 6.45) is 1.02. The van der Waals surface area contributed by atoms with Gasteiger partial charge in [0.1, 0.15) is 0 Å². The Morgan fingerprint density at radius 2 is 1.88 bits per heavy atom. The van der Waals surface area contributed by atoms with Crippen molar-refractivity contribution in [3.05, 3.63) is 0 Å². The molecule has 0 unspecified atom stereocenters. The predicted molar refractivity (Wildman–Crippen MR) is 32.2 cm³/mol. The van der Waals surface area contributed by atoms with Crippen LogP contribution in [0.4, 0.5) is 0 Å². The van der Waals surface area contributed by atoms with E-state index in [0.29, 0.717) is 0 Å². The van der Waals surface area contributed by atoms with Crippen molar-refractivity contribution in [2.45, 2.75) is 6.92 Å². The van der Waals surface area contributed by atoms with E-state index in [1.165, 1.54) is 0 Å². The summed E-state index contributed by atoms with van der Waals surface area (Å²) in [6.45, 7) is 1.85. The molecule has 0 heterocycles. The van der Waals surface area contributed by atoms with Crippen LogP contribution in [0.5, 0.6) is 0 Å². The summed E-state index contributed by atoms with van der Waals surface area (Å²) in [4.78, 5) is 0. The molecular weight excluding hydrogens is 139 g/mol. The monoisotopic (exact) mass is 147 g/mol. The third-order valence-corrected chi connectivity index (χ3v) is 0.996. The summed E-state index contributed by atoms with van der Waals surface area (Å²) in [5.74, 6) is 0. The van der Waals surface area contributed by atoms with Crippen molar-refractivity contribution in [3.8, 4) is 0 Å². The Bertz CT molecular complexity index is 127. The van der Waals surface area contributed by atoms with E-state index in [-0.39, 0.29) is 36.2 Å². The van der Waals surface area contributed by atoms with Gasteiger partial charge in [-0.15, -0.1) is 0 Å². The van der Waals surface area contributed by atoms with Crippen molar-refractivity contribution in [3.63, 3.8) is 0 Å². The van der Waals surface area contributed by atoms with Crippen molar-refractivity contribution in [1.82, 2.24) is 0 Å². The number of hydrogen-bond donors (Lipinski definition) is 0. The Morgan fingerprint density at radius 1 is 1.50 bits per heavy atom. The maximum atomic E-state index is 10.0.